The maximum atomic E-state index is 12.5. The molecule has 0 radical (unpaired) electrons. The third-order valence-corrected chi connectivity index (χ3v) is 24.5. The van der Waals surface area contributed by atoms with E-state index < -0.39 is 70.9 Å². The van der Waals surface area contributed by atoms with Crippen molar-refractivity contribution >= 4 is 175 Å². The first kappa shape index (κ1) is 108. The van der Waals surface area contributed by atoms with Crippen LogP contribution in [-0.4, -0.2) is 165 Å². The zero-order valence-corrected chi connectivity index (χ0v) is 78.5. The van der Waals surface area contributed by atoms with Crippen LogP contribution >= 0.6 is 70.4 Å². The number of benzene rings is 7. The SMILES string of the molecule is CC(C)[C@H](N)C(N)=O.CC(C)[C@H](NS(=O)(=O)c1ccc(CCCCN)cc1)C(N)=O.CC(C)[C@H](NS(=O)(=O)c1ccc(CCCCN2C(=O)c3ccccc3C2=O)cc1)C(N)=O.CSC(=N)NC(=O)c1nc(Cl)c(N)nc1N.Cl.I.O=C1c2ccccc2C(=O)N1CCCCc1ccc(S(=O)(=O)Cl)cc1.O=C1c2ccccc2C(=O)N1CCCCc1ccccc1. The summed E-state index contributed by atoms with van der Waals surface area (Å²) in [6, 6.07) is 47.9. The third kappa shape index (κ3) is 32.0. The van der Waals surface area contributed by atoms with Gasteiger partial charge in [-0.2, -0.15) is 9.44 Å². The van der Waals surface area contributed by atoms with Crippen LogP contribution in [0.1, 0.15) is 188 Å². The third-order valence-electron chi connectivity index (χ3n) is 19.5. The number of nitrogens with two attached hydrogens (primary N) is 7. The fourth-order valence-corrected chi connectivity index (χ4v) is 16.2. The van der Waals surface area contributed by atoms with E-state index in [1.54, 1.807) is 155 Å². The molecule has 40 heteroatoms. The maximum Gasteiger partial charge on any atom is 0.279 e. The van der Waals surface area contributed by atoms with E-state index in [2.05, 4.69) is 36.9 Å². The molecule has 3 aliphatic rings. The van der Waals surface area contributed by atoms with Gasteiger partial charge in [-0.1, -0.05) is 168 Å². The molecule has 680 valence electrons. The second-order valence-corrected chi connectivity index (χ2v) is 36.8. The molecular formula is C86H108Cl3IN16O16S4. The molecule has 32 nitrogen and oxygen atoms in total. The van der Waals surface area contributed by atoms with Gasteiger partial charge < -0.3 is 45.5 Å². The number of carbonyl (C=O) groups excluding carboxylic acids is 10. The molecule has 126 heavy (non-hydrogen) atoms. The minimum absolute atomic E-state index is 0. The summed E-state index contributed by atoms with van der Waals surface area (Å²) in [4.78, 5) is 130. The smallest absolute Gasteiger partial charge is 0.279 e. The second-order valence-electron chi connectivity index (χ2n) is 29.7. The molecule has 0 bridgehead atoms. The summed E-state index contributed by atoms with van der Waals surface area (Å²) in [5.74, 6) is -4.32. The van der Waals surface area contributed by atoms with Crippen LogP contribution in [0, 0.1) is 23.2 Å². The molecule has 0 fully saturated rings. The number of unbranched alkanes of at least 4 members (excludes halogenated alkanes) is 4. The van der Waals surface area contributed by atoms with Gasteiger partial charge in [-0.3, -0.25) is 68.1 Å². The molecule has 3 aliphatic heterocycles. The van der Waals surface area contributed by atoms with Crippen molar-refractivity contribution in [2.75, 3.05) is 43.9 Å². The summed E-state index contributed by atoms with van der Waals surface area (Å²) in [7, 11) is -6.06. The van der Waals surface area contributed by atoms with Gasteiger partial charge in [-0.15, -0.1) is 36.4 Å². The monoisotopic (exact) mass is 1980 g/mol. The number of rotatable bonds is 33. The standard InChI is InChI=1S/C23H27N3O5S.C18H16ClNO4S.C18H17NO2.C15H25N3O3S.C7H9ClN6OS.C5H12N2O.ClH.HI/c1-15(2)20(21(24)27)25-32(30,31)17-12-10-16(11-13-17)7-5-6-14-26-22(28)18-8-3-4-9-19(18)23(26)29;19-25(23,24)14-10-8-13(9-11-14)5-3-4-12-20-17(21)15-6-1-2-7-16(15)18(20)22;20-17-15-11-4-5-12-16(15)18(21)19(17)13-7-6-10-14-8-2-1-3-9-14;1-11(2)14(15(17)19)18-22(20,21)13-8-6-12(7-9-13)5-3-4-10-16;1-16-7(11)14-6(15)2-4(9)13-5(10)3(8)12-2;1-3(2)4(6)5(7)8;;/h3-4,8-13,15,20,25H,5-7,14H2,1-2H3,(H2,24,27);1-2,6-11H,3-5,12H2;1-5,8-9,11-12H,6-7,10,13H2;6-9,11,14,18H,3-5,10,16H2,1-2H3,(H2,17,19);1H3,(H4,9,10,13)(H2,11,14,15);3-4H,6H2,1-2H3,(H2,7,8);2*1H/t20-;;;14-;;4-;;/m0..0.0../s1. The van der Waals surface area contributed by atoms with Crippen LogP contribution in [0.5, 0.6) is 0 Å². The van der Waals surface area contributed by atoms with E-state index in [-0.39, 0.29) is 132 Å². The number of carbonyl (C=O) groups is 10. The fraction of sp³-hybridized carbons (Fsp3) is 0.337. The van der Waals surface area contributed by atoms with Gasteiger partial charge in [0.1, 0.15) is 12.1 Å². The Kier molecular flexibility index (Phi) is 44.3. The first-order chi connectivity index (χ1) is 58.5. The Hall–Kier alpha value is -10.2. The highest BCUT2D eigenvalue weighted by molar-refractivity contribution is 14.0. The minimum Gasteiger partial charge on any atom is -0.382 e. The fourth-order valence-electron chi connectivity index (χ4n) is 12.4. The molecule has 11 rings (SSSR count). The summed E-state index contributed by atoms with van der Waals surface area (Å²) in [6.45, 7) is 12.5. The van der Waals surface area contributed by atoms with Gasteiger partial charge in [0.15, 0.2) is 27.7 Å². The van der Waals surface area contributed by atoms with Crippen LogP contribution in [0.2, 0.25) is 5.15 Å². The number of imide groups is 3. The van der Waals surface area contributed by atoms with E-state index in [4.69, 9.17) is 67.8 Å². The van der Waals surface area contributed by atoms with Gasteiger partial charge in [-0.05, 0) is 203 Å². The summed E-state index contributed by atoms with van der Waals surface area (Å²) < 4.78 is 76.8. The number of hydrogen-bond donors (Lipinski definition) is 11. The molecule has 0 saturated carbocycles. The number of amides is 10. The lowest BCUT2D eigenvalue weighted by atomic mass is 10.1. The number of nitrogen functional groups attached to an aromatic ring is 2. The Morgan fingerprint density at radius 1 is 0.437 bits per heavy atom. The highest BCUT2D eigenvalue weighted by Crippen LogP contribution is 2.28. The van der Waals surface area contributed by atoms with Crippen molar-refractivity contribution in [3.05, 3.63) is 242 Å². The molecular weight excluding hydrogens is 1870 g/mol. The lowest BCUT2D eigenvalue weighted by molar-refractivity contribution is -0.121. The first-order valence-corrected chi connectivity index (χ1v) is 46.4. The second kappa shape index (κ2) is 51.6. The first-order valence-electron chi connectivity index (χ1n) is 39.6. The highest BCUT2D eigenvalue weighted by Gasteiger charge is 2.38. The number of nitrogens with one attached hydrogen (secondary N) is 4. The van der Waals surface area contributed by atoms with Crippen LogP contribution in [-0.2, 0) is 69.2 Å². The molecule has 7 aromatic carbocycles. The number of amidine groups is 1. The minimum atomic E-state index is -3.87. The average Bonchev–Trinajstić information content (AvgIpc) is 1.64. The number of primary amides is 3. The molecule has 10 amide bonds. The van der Waals surface area contributed by atoms with Gasteiger partial charge in [0.2, 0.25) is 37.8 Å². The number of halogens is 4. The lowest BCUT2D eigenvalue weighted by Crippen LogP contribution is -2.47. The number of sulfonamides is 2. The molecule has 0 spiro atoms. The van der Waals surface area contributed by atoms with Crippen molar-refractivity contribution in [3.63, 3.8) is 0 Å². The number of anilines is 2. The maximum absolute atomic E-state index is 12.5. The Balaban J connectivity index is 0.000000326. The molecule has 4 heterocycles. The Bertz CT molecular complexity index is 5380. The zero-order valence-electron chi connectivity index (χ0n) is 70.5. The van der Waals surface area contributed by atoms with Gasteiger partial charge in [0, 0.05) is 30.3 Å². The van der Waals surface area contributed by atoms with Crippen molar-refractivity contribution < 1.29 is 73.2 Å². The summed E-state index contributed by atoms with van der Waals surface area (Å²) >= 11 is 6.67. The van der Waals surface area contributed by atoms with Gasteiger partial charge in [0.25, 0.3) is 50.4 Å². The van der Waals surface area contributed by atoms with Crippen LogP contribution in [0.3, 0.4) is 0 Å². The molecule has 1 aromatic heterocycles. The van der Waals surface area contributed by atoms with E-state index in [1.165, 1.54) is 44.5 Å². The van der Waals surface area contributed by atoms with Crippen molar-refractivity contribution in [1.82, 2.24) is 39.4 Å². The van der Waals surface area contributed by atoms with Gasteiger partial charge >= 0.3 is 0 Å². The largest absolute Gasteiger partial charge is 0.382 e. The summed E-state index contributed by atoms with van der Waals surface area (Å²) in [5.41, 5.74) is 43.9. The quantitative estimate of drug-likeness (QED) is 0.00455. The Morgan fingerprint density at radius 2 is 0.730 bits per heavy atom. The van der Waals surface area contributed by atoms with Crippen LogP contribution < -0.4 is 54.9 Å². The molecule has 3 atom stereocenters. The molecule has 8 aromatic rings. The topological polar surface area (TPSA) is 551 Å². The lowest BCUT2D eigenvalue weighted by Gasteiger charge is -2.19. The van der Waals surface area contributed by atoms with Crippen molar-refractivity contribution in [2.24, 2.45) is 46.4 Å². The number of fused-ring (bicyclic) bond motifs is 3. The predicted molar refractivity (Wildman–Crippen MR) is 501 cm³/mol. The summed E-state index contributed by atoms with van der Waals surface area (Å²) in [5, 5.41) is 9.40. The van der Waals surface area contributed by atoms with Crippen LogP contribution in [0.4, 0.5) is 11.6 Å². The highest BCUT2D eigenvalue weighted by atomic mass is 127. The van der Waals surface area contributed by atoms with Gasteiger partial charge in [-0.25, -0.2) is 35.2 Å². The molecule has 0 aliphatic carbocycles. The van der Waals surface area contributed by atoms with E-state index in [1.807, 2.05) is 32.0 Å². The zero-order chi connectivity index (χ0) is 91.9. The van der Waals surface area contributed by atoms with E-state index in [0.717, 1.165) is 86.2 Å². The summed E-state index contributed by atoms with van der Waals surface area (Å²) in [6.07, 6.45) is 11.4. The van der Waals surface area contributed by atoms with Crippen molar-refractivity contribution in [3.8, 4) is 0 Å². The number of hydrogen-bond acceptors (Lipinski definition) is 24. The Morgan fingerprint density at radius 3 is 0.992 bits per heavy atom. The normalized spacial score (nSPS) is 13.2. The molecule has 0 unspecified atom stereocenters. The Labute approximate surface area is 771 Å². The van der Waals surface area contributed by atoms with E-state index in [0.29, 0.717) is 78.8 Å². The van der Waals surface area contributed by atoms with E-state index in [9.17, 15) is 73.2 Å². The molecule has 0 saturated heterocycles. The van der Waals surface area contributed by atoms with E-state index >= 15 is 0 Å². The van der Waals surface area contributed by atoms with Crippen LogP contribution in [0.15, 0.2) is 191 Å². The average molecular weight is 1980 g/mol. The van der Waals surface area contributed by atoms with Crippen molar-refractivity contribution in [1.29, 1.82) is 5.41 Å². The molecule has 18 N–H and O–H groups in total. The number of aromatic nitrogens is 2. The number of aryl methyl sites for hydroxylation is 4. The van der Waals surface area contributed by atoms with Gasteiger partial charge in [0.05, 0.1) is 54.1 Å². The van der Waals surface area contributed by atoms with Crippen molar-refractivity contribution in [2.45, 2.75) is 151 Å². The van der Waals surface area contributed by atoms with Crippen LogP contribution in [0.25, 0.3) is 0 Å². The number of nitrogens with zero attached hydrogens (tertiary/aromatic N) is 5. The predicted octanol–water partition coefficient (Wildman–Crippen LogP) is 10.2. The number of thioether (sulfide) groups is 1.